The summed E-state index contributed by atoms with van der Waals surface area (Å²) in [7, 11) is 4.92. The average molecular weight is 309 g/mol. The normalized spacial score (nSPS) is 10.6. The van der Waals surface area contributed by atoms with Crippen LogP contribution in [0.3, 0.4) is 0 Å². The molecule has 0 amide bonds. The lowest BCUT2D eigenvalue weighted by Gasteiger charge is -2.07. The van der Waals surface area contributed by atoms with Crippen molar-refractivity contribution in [3.8, 4) is 22.1 Å². The van der Waals surface area contributed by atoms with E-state index in [0.29, 0.717) is 24.7 Å². The van der Waals surface area contributed by atoms with Crippen LogP contribution in [0, 0.1) is 0 Å². The number of hydrogen-bond donors (Lipinski definition) is 1. The molecule has 1 aromatic carbocycles. The first-order chi connectivity index (χ1) is 10.3. The van der Waals surface area contributed by atoms with Crippen molar-refractivity contribution in [3.05, 3.63) is 23.2 Å². The van der Waals surface area contributed by atoms with Crippen LogP contribution in [0.4, 0.5) is 0 Å². The van der Waals surface area contributed by atoms with Crippen LogP contribution in [-0.4, -0.2) is 44.7 Å². The molecule has 1 N–H and O–H groups in total. The molecule has 0 saturated heterocycles. The molecule has 6 nitrogen and oxygen atoms in total. The predicted octanol–water partition coefficient (Wildman–Crippen LogP) is 1.96. The third-order valence-electron chi connectivity index (χ3n) is 2.86. The Morgan fingerprint density at radius 2 is 1.90 bits per heavy atom. The van der Waals surface area contributed by atoms with E-state index < -0.39 is 0 Å². The fraction of sp³-hybridized carbons (Fsp3) is 0.429. The van der Waals surface area contributed by atoms with E-state index >= 15 is 0 Å². The Hall–Kier alpha value is -1.70. The van der Waals surface area contributed by atoms with E-state index in [-0.39, 0.29) is 0 Å². The minimum atomic E-state index is 0.682. The second-order valence-electron chi connectivity index (χ2n) is 4.24. The number of aromatic nitrogens is 2. The van der Waals surface area contributed by atoms with Gasteiger partial charge in [0, 0.05) is 25.8 Å². The van der Waals surface area contributed by atoms with Gasteiger partial charge in [-0.2, -0.15) is 0 Å². The lowest BCUT2D eigenvalue weighted by atomic mass is 10.2. The third kappa shape index (κ3) is 4.13. The maximum Gasteiger partial charge on any atom is 0.161 e. The van der Waals surface area contributed by atoms with E-state index in [1.54, 1.807) is 32.7 Å². The van der Waals surface area contributed by atoms with Crippen molar-refractivity contribution in [2.45, 2.75) is 6.54 Å². The van der Waals surface area contributed by atoms with Gasteiger partial charge in [-0.15, -0.1) is 10.2 Å². The summed E-state index contributed by atoms with van der Waals surface area (Å²) in [6.45, 7) is 2.16. The molecule has 2 aromatic rings. The molecule has 0 spiro atoms. The minimum Gasteiger partial charge on any atom is -0.493 e. The average Bonchev–Trinajstić information content (AvgIpc) is 2.99. The maximum atomic E-state index is 5.30. The van der Waals surface area contributed by atoms with Gasteiger partial charge in [-0.3, -0.25) is 0 Å². The lowest BCUT2D eigenvalue weighted by molar-refractivity contribution is 0.199. The third-order valence-corrected chi connectivity index (χ3v) is 3.83. The highest BCUT2D eigenvalue weighted by Crippen LogP contribution is 2.33. The van der Waals surface area contributed by atoms with Gasteiger partial charge in [-0.25, -0.2) is 0 Å². The highest BCUT2D eigenvalue weighted by molar-refractivity contribution is 7.14. The first-order valence-electron chi connectivity index (χ1n) is 6.53. The van der Waals surface area contributed by atoms with Gasteiger partial charge in [0.15, 0.2) is 11.5 Å². The summed E-state index contributed by atoms with van der Waals surface area (Å²) in [6, 6.07) is 5.72. The van der Waals surface area contributed by atoms with Crippen molar-refractivity contribution in [1.82, 2.24) is 15.5 Å². The molecule has 0 atom stereocenters. The summed E-state index contributed by atoms with van der Waals surface area (Å²) in [4.78, 5) is 0. The van der Waals surface area contributed by atoms with Gasteiger partial charge in [-0.05, 0) is 18.2 Å². The van der Waals surface area contributed by atoms with Crippen molar-refractivity contribution in [1.29, 1.82) is 0 Å². The molecule has 0 unspecified atom stereocenters. The SMILES string of the molecule is COCCNCc1nnc(-c2ccc(OC)c(OC)c2)s1. The zero-order chi connectivity index (χ0) is 15.1. The van der Waals surface area contributed by atoms with Crippen LogP contribution >= 0.6 is 11.3 Å². The molecule has 0 saturated carbocycles. The molecule has 0 radical (unpaired) electrons. The maximum absolute atomic E-state index is 5.30. The standard InChI is InChI=1S/C14H19N3O3S/c1-18-7-6-15-9-13-16-17-14(21-13)10-4-5-11(19-2)12(8-10)20-3/h4-5,8,15H,6-7,9H2,1-3H3. The molecular weight excluding hydrogens is 290 g/mol. The van der Waals surface area contributed by atoms with E-state index in [9.17, 15) is 0 Å². The first kappa shape index (κ1) is 15.7. The highest BCUT2D eigenvalue weighted by Gasteiger charge is 2.10. The second kappa shape index (κ2) is 7.92. The van der Waals surface area contributed by atoms with Gasteiger partial charge in [-0.1, -0.05) is 11.3 Å². The Bertz CT molecular complexity index is 574. The Balaban J connectivity index is 2.06. The Morgan fingerprint density at radius 1 is 1.10 bits per heavy atom. The monoisotopic (exact) mass is 309 g/mol. The summed E-state index contributed by atoms with van der Waals surface area (Å²) in [6.07, 6.45) is 0. The van der Waals surface area contributed by atoms with E-state index in [1.807, 2.05) is 18.2 Å². The molecule has 0 aliphatic heterocycles. The number of hydrogen-bond acceptors (Lipinski definition) is 7. The molecule has 21 heavy (non-hydrogen) atoms. The van der Waals surface area contributed by atoms with Crippen molar-refractivity contribution in [2.24, 2.45) is 0 Å². The van der Waals surface area contributed by atoms with Crippen LogP contribution in [0.2, 0.25) is 0 Å². The van der Waals surface area contributed by atoms with Crippen LogP contribution in [0.5, 0.6) is 11.5 Å². The van der Waals surface area contributed by atoms with E-state index in [4.69, 9.17) is 14.2 Å². The van der Waals surface area contributed by atoms with Crippen molar-refractivity contribution in [3.63, 3.8) is 0 Å². The Kier molecular flexibility index (Phi) is 5.91. The number of benzene rings is 1. The van der Waals surface area contributed by atoms with E-state index in [1.165, 1.54) is 0 Å². The molecule has 0 aliphatic carbocycles. The molecule has 0 bridgehead atoms. The molecule has 0 aliphatic rings. The van der Waals surface area contributed by atoms with Crippen molar-refractivity contribution >= 4 is 11.3 Å². The van der Waals surface area contributed by atoms with Crippen LogP contribution in [0.15, 0.2) is 18.2 Å². The number of rotatable bonds is 8. The van der Waals surface area contributed by atoms with Crippen LogP contribution in [-0.2, 0) is 11.3 Å². The van der Waals surface area contributed by atoms with E-state index in [0.717, 1.165) is 22.1 Å². The predicted molar refractivity (Wildman–Crippen MR) is 82.0 cm³/mol. The van der Waals surface area contributed by atoms with Crippen LogP contribution in [0.1, 0.15) is 5.01 Å². The van der Waals surface area contributed by atoms with Gasteiger partial charge in [0.2, 0.25) is 0 Å². The van der Waals surface area contributed by atoms with Crippen molar-refractivity contribution in [2.75, 3.05) is 34.5 Å². The second-order valence-corrected chi connectivity index (χ2v) is 5.30. The Labute approximate surface area is 128 Å². The molecule has 1 heterocycles. The summed E-state index contributed by atoms with van der Waals surface area (Å²) in [5.41, 5.74) is 0.966. The topological polar surface area (TPSA) is 65.5 Å². The molecule has 2 rings (SSSR count). The number of methoxy groups -OCH3 is 3. The van der Waals surface area contributed by atoms with Gasteiger partial charge in [0.1, 0.15) is 10.0 Å². The first-order valence-corrected chi connectivity index (χ1v) is 7.34. The highest BCUT2D eigenvalue weighted by atomic mass is 32.1. The zero-order valence-corrected chi connectivity index (χ0v) is 13.2. The van der Waals surface area contributed by atoms with Gasteiger partial charge < -0.3 is 19.5 Å². The van der Waals surface area contributed by atoms with Gasteiger partial charge >= 0.3 is 0 Å². The molecular formula is C14H19N3O3S. The summed E-state index contributed by atoms with van der Waals surface area (Å²) in [5, 5.41) is 13.4. The zero-order valence-electron chi connectivity index (χ0n) is 12.4. The van der Waals surface area contributed by atoms with Crippen molar-refractivity contribution < 1.29 is 14.2 Å². The summed E-state index contributed by atoms with van der Waals surface area (Å²) in [5.74, 6) is 1.39. The van der Waals surface area contributed by atoms with E-state index in [2.05, 4.69) is 15.5 Å². The molecule has 0 fully saturated rings. The molecule has 1 aromatic heterocycles. The summed E-state index contributed by atoms with van der Waals surface area (Å²) < 4.78 is 15.5. The van der Waals surface area contributed by atoms with Gasteiger partial charge in [0.05, 0.1) is 20.8 Å². The van der Waals surface area contributed by atoms with Gasteiger partial charge in [0.25, 0.3) is 0 Å². The molecule has 114 valence electrons. The fourth-order valence-electron chi connectivity index (χ4n) is 1.78. The number of ether oxygens (including phenoxy) is 3. The lowest BCUT2D eigenvalue weighted by Crippen LogP contribution is -2.18. The summed E-state index contributed by atoms with van der Waals surface area (Å²) >= 11 is 1.55. The largest absolute Gasteiger partial charge is 0.493 e. The number of nitrogens with one attached hydrogen (secondary N) is 1. The van der Waals surface area contributed by atoms with Crippen LogP contribution in [0.25, 0.3) is 10.6 Å². The Morgan fingerprint density at radius 3 is 2.62 bits per heavy atom. The molecule has 7 heteroatoms. The van der Waals surface area contributed by atoms with Crippen LogP contribution < -0.4 is 14.8 Å². The fourth-order valence-corrected chi connectivity index (χ4v) is 2.59. The smallest absolute Gasteiger partial charge is 0.161 e. The minimum absolute atomic E-state index is 0.682. The number of nitrogens with zero attached hydrogens (tertiary/aromatic N) is 2. The quantitative estimate of drug-likeness (QED) is 0.752.